The van der Waals surface area contributed by atoms with Crippen molar-refractivity contribution in [1.82, 2.24) is 0 Å². The van der Waals surface area contributed by atoms with Crippen LogP contribution in [0.25, 0.3) is 0 Å². The summed E-state index contributed by atoms with van der Waals surface area (Å²) in [5, 5.41) is 0. The Morgan fingerprint density at radius 3 is 1.73 bits per heavy atom. The first-order valence-electron chi connectivity index (χ1n) is 5.28. The summed E-state index contributed by atoms with van der Waals surface area (Å²) < 4.78 is 0. The predicted molar refractivity (Wildman–Crippen MR) is 68.7 cm³/mol. The molecule has 0 aromatic rings. The van der Waals surface area contributed by atoms with E-state index in [1.807, 2.05) is 13.8 Å². The topological polar surface area (TPSA) is 0 Å². The second-order valence-electron chi connectivity index (χ2n) is 4.88. The molecule has 0 aromatic carbocycles. The van der Waals surface area contributed by atoms with E-state index in [1.54, 1.807) is 0 Å². The first kappa shape index (κ1) is 11.8. The van der Waals surface area contributed by atoms with Crippen LogP contribution in [0.2, 0.25) is 0 Å². The molecule has 1 aliphatic rings. The van der Waals surface area contributed by atoms with Crippen molar-refractivity contribution in [2.24, 2.45) is 5.41 Å². The average Bonchev–Trinajstić information content (AvgIpc) is 2.07. The minimum absolute atomic E-state index is 0.165. The second kappa shape index (κ2) is 4.06. The van der Waals surface area contributed by atoms with Gasteiger partial charge < -0.3 is 0 Å². The molecule has 0 unspecified atom stereocenters. The number of allylic oxidation sites excluding steroid dienone is 8. The molecule has 15 heavy (non-hydrogen) atoms. The molecule has 0 saturated carbocycles. The van der Waals surface area contributed by atoms with Crippen LogP contribution in [0.4, 0.5) is 0 Å². The largest absolute Gasteiger partial charge is 0.0955 e. The minimum atomic E-state index is 0.165. The third-order valence-electron chi connectivity index (χ3n) is 2.53. The Labute approximate surface area is 93.4 Å². The van der Waals surface area contributed by atoms with Crippen LogP contribution >= 0.6 is 0 Å². The Hall–Kier alpha value is -1.30. The van der Waals surface area contributed by atoms with Gasteiger partial charge in [-0.3, -0.25) is 0 Å². The fraction of sp³-hybridized carbons (Fsp3) is 0.333. The van der Waals surface area contributed by atoms with Crippen LogP contribution in [0.1, 0.15) is 27.7 Å². The molecule has 0 heterocycles. The number of rotatable bonds is 2. The molecular weight excluding hydrogens is 180 g/mol. The minimum Gasteiger partial charge on any atom is -0.0955 e. The Morgan fingerprint density at radius 2 is 1.40 bits per heavy atom. The van der Waals surface area contributed by atoms with Crippen molar-refractivity contribution in [3.63, 3.8) is 0 Å². The first-order valence-corrected chi connectivity index (χ1v) is 5.28. The monoisotopic (exact) mass is 200 g/mol. The standard InChI is InChI=1S/C15H20/c1-11(2)14(12(3)4)13-7-9-15(5,6)10-8-13/h7-10H,1,3H2,2,4-6H3. The molecule has 0 radical (unpaired) electrons. The zero-order chi connectivity index (χ0) is 11.6. The smallest absolute Gasteiger partial charge is 0.00111 e. The maximum absolute atomic E-state index is 4.00. The van der Waals surface area contributed by atoms with Gasteiger partial charge >= 0.3 is 0 Å². The van der Waals surface area contributed by atoms with Gasteiger partial charge in [-0.05, 0) is 25.0 Å². The van der Waals surface area contributed by atoms with Gasteiger partial charge in [0.05, 0.1) is 0 Å². The van der Waals surface area contributed by atoms with Gasteiger partial charge in [-0.15, -0.1) is 0 Å². The molecule has 1 rings (SSSR count). The molecular formula is C15H20. The van der Waals surface area contributed by atoms with Crippen LogP contribution in [-0.4, -0.2) is 0 Å². The Bertz CT molecular complexity index is 350. The number of hydrogen-bond acceptors (Lipinski definition) is 0. The highest BCUT2D eigenvalue weighted by Gasteiger charge is 2.14. The van der Waals surface area contributed by atoms with Gasteiger partial charge in [0, 0.05) is 5.41 Å². The van der Waals surface area contributed by atoms with Gasteiger partial charge in [0.25, 0.3) is 0 Å². The molecule has 1 aliphatic carbocycles. The van der Waals surface area contributed by atoms with E-state index in [-0.39, 0.29) is 5.41 Å². The quantitative estimate of drug-likeness (QED) is 0.611. The normalized spacial score (nSPS) is 17.7. The highest BCUT2D eigenvalue weighted by Crippen LogP contribution is 2.30. The zero-order valence-corrected chi connectivity index (χ0v) is 10.2. The fourth-order valence-electron chi connectivity index (χ4n) is 1.74. The van der Waals surface area contributed by atoms with E-state index in [0.29, 0.717) is 0 Å². The van der Waals surface area contributed by atoms with E-state index < -0.39 is 0 Å². The van der Waals surface area contributed by atoms with E-state index in [4.69, 9.17) is 0 Å². The summed E-state index contributed by atoms with van der Waals surface area (Å²) in [7, 11) is 0. The van der Waals surface area contributed by atoms with Crippen LogP contribution in [0.3, 0.4) is 0 Å². The third kappa shape index (κ3) is 2.82. The highest BCUT2D eigenvalue weighted by molar-refractivity contribution is 5.54. The summed E-state index contributed by atoms with van der Waals surface area (Å²) in [6, 6.07) is 0. The number of hydrogen-bond donors (Lipinski definition) is 0. The summed E-state index contributed by atoms with van der Waals surface area (Å²) in [5.41, 5.74) is 4.71. The molecule has 80 valence electrons. The van der Waals surface area contributed by atoms with Crippen LogP contribution in [0.5, 0.6) is 0 Å². The third-order valence-corrected chi connectivity index (χ3v) is 2.53. The van der Waals surface area contributed by atoms with Crippen molar-refractivity contribution in [1.29, 1.82) is 0 Å². The van der Waals surface area contributed by atoms with Gasteiger partial charge in [-0.25, -0.2) is 0 Å². The molecule has 0 aromatic heterocycles. The maximum atomic E-state index is 4.00. The average molecular weight is 200 g/mol. The Balaban J connectivity index is 3.18. The van der Waals surface area contributed by atoms with Gasteiger partial charge in [-0.1, -0.05) is 62.5 Å². The van der Waals surface area contributed by atoms with Crippen LogP contribution in [-0.2, 0) is 0 Å². The van der Waals surface area contributed by atoms with E-state index in [1.165, 1.54) is 11.1 Å². The van der Waals surface area contributed by atoms with Crippen LogP contribution in [0, 0.1) is 5.41 Å². The molecule has 0 aliphatic heterocycles. The van der Waals surface area contributed by atoms with Crippen LogP contribution < -0.4 is 0 Å². The van der Waals surface area contributed by atoms with Gasteiger partial charge in [0.1, 0.15) is 0 Å². The first-order chi connectivity index (χ1) is 6.83. The van der Waals surface area contributed by atoms with Crippen molar-refractivity contribution in [2.45, 2.75) is 27.7 Å². The van der Waals surface area contributed by atoms with E-state index >= 15 is 0 Å². The van der Waals surface area contributed by atoms with Crippen molar-refractivity contribution in [2.75, 3.05) is 0 Å². The molecule has 0 heteroatoms. The lowest BCUT2D eigenvalue weighted by molar-refractivity contribution is 0.621. The highest BCUT2D eigenvalue weighted by atomic mass is 14.2. The molecule has 0 N–H and O–H groups in total. The molecule has 0 amide bonds. The van der Waals surface area contributed by atoms with Crippen LogP contribution in [0.15, 0.2) is 59.8 Å². The predicted octanol–water partition coefficient (Wildman–Crippen LogP) is 4.59. The van der Waals surface area contributed by atoms with E-state index in [9.17, 15) is 0 Å². The van der Waals surface area contributed by atoms with Crippen molar-refractivity contribution in [3.8, 4) is 0 Å². The van der Waals surface area contributed by atoms with E-state index in [0.717, 1.165) is 11.1 Å². The van der Waals surface area contributed by atoms with Crippen molar-refractivity contribution in [3.05, 3.63) is 59.8 Å². The lowest BCUT2D eigenvalue weighted by atomic mass is 9.84. The van der Waals surface area contributed by atoms with Crippen molar-refractivity contribution < 1.29 is 0 Å². The Morgan fingerprint density at radius 1 is 1.00 bits per heavy atom. The second-order valence-corrected chi connectivity index (χ2v) is 4.88. The summed E-state index contributed by atoms with van der Waals surface area (Å²) in [5.74, 6) is 0. The fourth-order valence-corrected chi connectivity index (χ4v) is 1.74. The SMILES string of the molecule is C=C(C)C(C(=C)C)=C1C=CC(C)(C)C=C1. The van der Waals surface area contributed by atoms with Gasteiger partial charge in [-0.2, -0.15) is 0 Å². The lowest BCUT2D eigenvalue weighted by Gasteiger charge is -2.20. The summed E-state index contributed by atoms with van der Waals surface area (Å²) in [6.07, 6.45) is 8.76. The summed E-state index contributed by atoms with van der Waals surface area (Å²) in [4.78, 5) is 0. The van der Waals surface area contributed by atoms with Gasteiger partial charge in [0.2, 0.25) is 0 Å². The molecule has 0 fully saturated rings. The Kier molecular flexibility index (Phi) is 3.18. The molecule has 0 spiro atoms. The lowest BCUT2D eigenvalue weighted by Crippen LogP contribution is -2.06. The summed E-state index contributed by atoms with van der Waals surface area (Å²) >= 11 is 0. The molecule has 0 nitrogen and oxygen atoms in total. The summed E-state index contributed by atoms with van der Waals surface area (Å²) in [6.45, 7) is 16.4. The molecule has 0 bridgehead atoms. The molecule has 0 saturated heterocycles. The van der Waals surface area contributed by atoms with Gasteiger partial charge in [0.15, 0.2) is 0 Å². The maximum Gasteiger partial charge on any atom is 0.00111 e. The zero-order valence-electron chi connectivity index (χ0n) is 10.2. The van der Waals surface area contributed by atoms with E-state index in [2.05, 4.69) is 51.3 Å². The van der Waals surface area contributed by atoms with Crippen molar-refractivity contribution >= 4 is 0 Å². The molecule has 0 atom stereocenters.